The number of nitrogens with zero attached hydrogens (tertiary/aromatic N) is 1. The molecule has 0 aromatic carbocycles. The summed E-state index contributed by atoms with van der Waals surface area (Å²) in [7, 11) is -3.02. The monoisotopic (exact) mass is 231 g/mol. The lowest BCUT2D eigenvalue weighted by molar-refractivity contribution is -0.139. The zero-order valence-corrected chi connectivity index (χ0v) is 9.12. The number of hydrogen-bond donors (Lipinski definition) is 0. The molecule has 2 saturated heterocycles. The number of sulfone groups is 1. The first-order valence-electron chi connectivity index (χ1n) is 5.04. The molecule has 0 saturated carbocycles. The molecule has 0 spiro atoms. The van der Waals surface area contributed by atoms with Crippen LogP contribution in [0.5, 0.6) is 0 Å². The fourth-order valence-corrected chi connectivity index (χ4v) is 3.94. The molecule has 2 aliphatic rings. The van der Waals surface area contributed by atoms with E-state index in [2.05, 4.69) is 0 Å². The number of rotatable bonds is 2. The summed E-state index contributed by atoms with van der Waals surface area (Å²) in [5.74, 6) is -0.698. The minimum atomic E-state index is -3.02. The zero-order chi connectivity index (χ0) is 11.1. The number of carbonyl (C=O) groups excluding carboxylic acids is 2. The van der Waals surface area contributed by atoms with Crippen LogP contribution in [0.1, 0.15) is 19.3 Å². The van der Waals surface area contributed by atoms with Crippen LogP contribution < -0.4 is 0 Å². The van der Waals surface area contributed by atoms with E-state index in [0.29, 0.717) is 19.4 Å². The number of ketones is 1. The van der Waals surface area contributed by atoms with Gasteiger partial charge in [-0.05, 0) is 12.8 Å². The lowest BCUT2D eigenvalue weighted by Gasteiger charge is -2.18. The van der Waals surface area contributed by atoms with Gasteiger partial charge in [0.15, 0.2) is 9.84 Å². The number of Topliss-reactive ketones (excluding diaryl/α,β-unsaturated/α-hetero) is 1. The summed E-state index contributed by atoms with van der Waals surface area (Å²) in [6.45, 7) is 0.580. The summed E-state index contributed by atoms with van der Waals surface area (Å²) < 4.78 is 23.0. The van der Waals surface area contributed by atoms with Crippen LogP contribution in [0.2, 0.25) is 0 Å². The second-order valence-corrected chi connectivity index (χ2v) is 6.46. The van der Waals surface area contributed by atoms with Crippen LogP contribution in [0, 0.1) is 0 Å². The Bertz CT molecular complexity index is 400. The molecule has 0 aromatic heterocycles. The maximum absolute atomic E-state index is 11.5. The van der Waals surface area contributed by atoms with Gasteiger partial charge in [0.1, 0.15) is 0 Å². The Kier molecular flexibility index (Phi) is 2.54. The van der Waals surface area contributed by atoms with Gasteiger partial charge < -0.3 is 4.90 Å². The molecule has 84 valence electrons. The van der Waals surface area contributed by atoms with Gasteiger partial charge in [-0.15, -0.1) is 0 Å². The fraction of sp³-hybridized carbons (Fsp3) is 0.778. The number of hydrogen-bond acceptors (Lipinski definition) is 4. The molecular weight excluding hydrogens is 218 g/mol. The molecule has 2 aliphatic heterocycles. The first-order valence-corrected chi connectivity index (χ1v) is 6.76. The van der Waals surface area contributed by atoms with E-state index in [9.17, 15) is 18.0 Å². The van der Waals surface area contributed by atoms with Crippen LogP contribution in [-0.4, -0.2) is 49.1 Å². The SMILES string of the molecule is O=C1CCN(CC2CCCS2(=O)=O)C1=O. The summed E-state index contributed by atoms with van der Waals surface area (Å²) in [5.41, 5.74) is 0. The molecule has 15 heavy (non-hydrogen) atoms. The Morgan fingerprint density at radius 2 is 2.07 bits per heavy atom. The Morgan fingerprint density at radius 1 is 1.33 bits per heavy atom. The predicted molar refractivity (Wildman–Crippen MR) is 53.0 cm³/mol. The maximum Gasteiger partial charge on any atom is 0.290 e. The van der Waals surface area contributed by atoms with E-state index in [1.54, 1.807) is 0 Å². The molecule has 1 atom stereocenters. The van der Waals surface area contributed by atoms with Crippen molar-refractivity contribution in [3.8, 4) is 0 Å². The molecule has 2 rings (SSSR count). The Hall–Kier alpha value is -0.910. The van der Waals surface area contributed by atoms with E-state index >= 15 is 0 Å². The van der Waals surface area contributed by atoms with Crippen molar-refractivity contribution in [2.75, 3.05) is 18.8 Å². The van der Waals surface area contributed by atoms with Gasteiger partial charge in [0.05, 0.1) is 11.0 Å². The van der Waals surface area contributed by atoms with Crippen molar-refractivity contribution in [1.29, 1.82) is 0 Å². The summed E-state index contributed by atoms with van der Waals surface area (Å²) >= 11 is 0. The highest BCUT2D eigenvalue weighted by Crippen LogP contribution is 2.22. The molecular formula is C9H13NO4S. The van der Waals surface area contributed by atoms with Crippen LogP contribution in [0.25, 0.3) is 0 Å². The zero-order valence-electron chi connectivity index (χ0n) is 8.31. The standard InChI is InChI=1S/C9H13NO4S/c11-8-3-4-10(9(8)12)6-7-2-1-5-15(7,13)14/h7H,1-6H2. The Balaban J connectivity index is 2.04. The highest BCUT2D eigenvalue weighted by atomic mass is 32.2. The molecule has 2 fully saturated rings. The van der Waals surface area contributed by atoms with Gasteiger partial charge in [0.2, 0.25) is 5.78 Å². The van der Waals surface area contributed by atoms with E-state index in [0.717, 1.165) is 0 Å². The average molecular weight is 231 g/mol. The van der Waals surface area contributed by atoms with Crippen LogP contribution in [-0.2, 0) is 19.4 Å². The second-order valence-electron chi connectivity index (χ2n) is 4.06. The van der Waals surface area contributed by atoms with Crippen molar-refractivity contribution in [2.24, 2.45) is 0 Å². The second kappa shape index (κ2) is 3.59. The summed E-state index contributed by atoms with van der Waals surface area (Å²) in [4.78, 5) is 23.6. The van der Waals surface area contributed by atoms with Crippen molar-refractivity contribution in [2.45, 2.75) is 24.5 Å². The van der Waals surface area contributed by atoms with Gasteiger partial charge in [-0.2, -0.15) is 0 Å². The summed E-state index contributed by atoms with van der Waals surface area (Å²) in [5, 5.41) is -0.452. The number of amides is 1. The van der Waals surface area contributed by atoms with Crippen molar-refractivity contribution >= 4 is 21.5 Å². The highest BCUT2D eigenvalue weighted by molar-refractivity contribution is 7.92. The van der Waals surface area contributed by atoms with Gasteiger partial charge in [-0.25, -0.2) is 8.42 Å². The van der Waals surface area contributed by atoms with Crippen LogP contribution >= 0.6 is 0 Å². The first kappa shape index (κ1) is 10.6. The van der Waals surface area contributed by atoms with Gasteiger partial charge in [0, 0.05) is 19.5 Å². The van der Waals surface area contributed by atoms with Gasteiger partial charge in [-0.3, -0.25) is 9.59 Å². The molecule has 6 heteroatoms. The van der Waals surface area contributed by atoms with E-state index < -0.39 is 26.8 Å². The molecule has 0 N–H and O–H groups in total. The van der Waals surface area contributed by atoms with Gasteiger partial charge >= 0.3 is 0 Å². The quantitative estimate of drug-likeness (QED) is 0.593. The first-order chi connectivity index (χ1) is 7.00. The van der Waals surface area contributed by atoms with Crippen molar-refractivity contribution < 1.29 is 18.0 Å². The molecule has 0 aliphatic carbocycles. The van der Waals surface area contributed by atoms with Crippen LogP contribution in [0.15, 0.2) is 0 Å². The highest BCUT2D eigenvalue weighted by Gasteiger charge is 2.37. The third-order valence-electron chi connectivity index (χ3n) is 3.02. The van der Waals surface area contributed by atoms with E-state index in [4.69, 9.17) is 0 Å². The topological polar surface area (TPSA) is 71.5 Å². The van der Waals surface area contributed by atoms with Crippen molar-refractivity contribution in [3.05, 3.63) is 0 Å². The van der Waals surface area contributed by atoms with Crippen LogP contribution in [0.4, 0.5) is 0 Å². The van der Waals surface area contributed by atoms with E-state index in [-0.39, 0.29) is 18.7 Å². The minimum Gasteiger partial charge on any atom is -0.334 e. The predicted octanol–water partition coefficient (Wildman–Crippen LogP) is -0.635. The fourth-order valence-electron chi connectivity index (χ4n) is 2.10. The lowest BCUT2D eigenvalue weighted by atomic mass is 10.2. The normalized spacial score (nSPS) is 30.1. The minimum absolute atomic E-state index is 0.201. The molecule has 5 nitrogen and oxygen atoms in total. The van der Waals surface area contributed by atoms with Crippen molar-refractivity contribution in [1.82, 2.24) is 4.90 Å². The molecule has 0 aromatic rings. The van der Waals surface area contributed by atoms with Crippen LogP contribution in [0.3, 0.4) is 0 Å². The Labute approximate surface area is 88.4 Å². The third-order valence-corrected chi connectivity index (χ3v) is 5.28. The number of carbonyl (C=O) groups is 2. The molecule has 1 amide bonds. The van der Waals surface area contributed by atoms with Gasteiger partial charge in [0.25, 0.3) is 5.91 Å². The number of likely N-dealkylation sites (tertiary alicyclic amines) is 1. The molecule has 2 heterocycles. The molecule has 0 radical (unpaired) electrons. The maximum atomic E-state index is 11.5. The van der Waals surface area contributed by atoms with Gasteiger partial charge in [-0.1, -0.05) is 0 Å². The lowest BCUT2D eigenvalue weighted by Crippen LogP contribution is -2.36. The summed E-state index contributed by atoms with van der Waals surface area (Å²) in [6, 6.07) is 0. The third kappa shape index (κ3) is 1.90. The van der Waals surface area contributed by atoms with E-state index in [1.165, 1.54) is 4.90 Å². The Morgan fingerprint density at radius 3 is 2.53 bits per heavy atom. The van der Waals surface area contributed by atoms with E-state index in [1.807, 2.05) is 0 Å². The largest absolute Gasteiger partial charge is 0.334 e. The average Bonchev–Trinajstić information content (AvgIpc) is 2.64. The molecule has 0 bridgehead atoms. The van der Waals surface area contributed by atoms with Crippen molar-refractivity contribution in [3.63, 3.8) is 0 Å². The molecule has 1 unspecified atom stereocenters. The smallest absolute Gasteiger partial charge is 0.290 e. The summed E-state index contributed by atoms with van der Waals surface area (Å²) in [6.07, 6.45) is 1.51.